The predicted octanol–water partition coefficient (Wildman–Crippen LogP) is 1.57. The van der Waals surface area contributed by atoms with Crippen LogP contribution in [0.2, 0.25) is 0 Å². The first kappa shape index (κ1) is 12.3. The van der Waals surface area contributed by atoms with Crippen molar-refractivity contribution < 1.29 is 4.74 Å². The molecule has 0 aliphatic rings. The highest BCUT2D eigenvalue weighted by atomic mass is 16.5. The Morgan fingerprint density at radius 2 is 2.28 bits per heavy atom. The summed E-state index contributed by atoms with van der Waals surface area (Å²) in [5.41, 5.74) is 0. The molecule has 96 valence electrons. The van der Waals surface area contributed by atoms with Crippen molar-refractivity contribution in [2.75, 3.05) is 11.9 Å². The zero-order chi connectivity index (χ0) is 12.8. The summed E-state index contributed by atoms with van der Waals surface area (Å²) in [5.74, 6) is 1.15. The minimum absolute atomic E-state index is 0.108. The highest BCUT2D eigenvalue weighted by Crippen LogP contribution is 2.09. The molecule has 2 aromatic rings. The van der Waals surface area contributed by atoms with Gasteiger partial charge in [-0.15, -0.1) is 0 Å². The van der Waals surface area contributed by atoms with Gasteiger partial charge in [-0.25, -0.2) is 4.98 Å². The third kappa shape index (κ3) is 3.73. The van der Waals surface area contributed by atoms with Crippen molar-refractivity contribution in [2.24, 2.45) is 0 Å². The van der Waals surface area contributed by atoms with Crippen LogP contribution in [0.4, 0.5) is 5.95 Å². The topological polar surface area (TPSA) is 64.9 Å². The van der Waals surface area contributed by atoms with E-state index in [1.165, 1.54) is 0 Å². The maximum atomic E-state index is 5.50. The Balaban J connectivity index is 1.85. The molecule has 0 radical (unpaired) electrons. The van der Waals surface area contributed by atoms with Crippen LogP contribution in [-0.4, -0.2) is 32.4 Å². The van der Waals surface area contributed by atoms with Crippen LogP contribution in [0.5, 0.6) is 5.88 Å². The van der Waals surface area contributed by atoms with Gasteiger partial charge < -0.3 is 10.1 Å². The van der Waals surface area contributed by atoms with E-state index in [9.17, 15) is 0 Å². The summed E-state index contributed by atoms with van der Waals surface area (Å²) in [4.78, 5) is 8.39. The van der Waals surface area contributed by atoms with Crippen LogP contribution >= 0.6 is 0 Å². The summed E-state index contributed by atoms with van der Waals surface area (Å²) in [7, 11) is 0. The fourth-order valence-electron chi connectivity index (χ4n) is 1.45. The second-order valence-corrected chi connectivity index (χ2v) is 4.08. The summed E-state index contributed by atoms with van der Waals surface area (Å²) >= 11 is 0. The molecule has 1 N–H and O–H groups in total. The number of hydrogen-bond acceptors (Lipinski definition) is 5. The number of anilines is 1. The summed E-state index contributed by atoms with van der Waals surface area (Å²) < 4.78 is 7.35. The molecule has 0 aromatic carbocycles. The number of nitrogens with zero attached hydrogens (tertiary/aromatic N) is 4. The monoisotopic (exact) mass is 247 g/mol. The number of hydrogen-bond donors (Lipinski definition) is 1. The van der Waals surface area contributed by atoms with Crippen LogP contribution < -0.4 is 10.1 Å². The van der Waals surface area contributed by atoms with Crippen molar-refractivity contribution >= 4 is 5.95 Å². The Labute approximate surface area is 106 Å². The second kappa shape index (κ2) is 6.00. The molecule has 6 heteroatoms. The van der Waals surface area contributed by atoms with Crippen molar-refractivity contribution in [3.63, 3.8) is 0 Å². The molecular formula is C12H17N5O. The van der Waals surface area contributed by atoms with Crippen LogP contribution in [0.1, 0.15) is 13.8 Å². The Hall–Kier alpha value is -2.11. The fraction of sp³-hybridized carbons (Fsp3) is 0.417. The zero-order valence-corrected chi connectivity index (χ0v) is 10.6. The SMILES string of the molecule is CC(C)Oc1ccnc(NCCn2cccn2)n1. The number of rotatable bonds is 6. The van der Waals surface area contributed by atoms with E-state index in [0.717, 1.165) is 6.54 Å². The van der Waals surface area contributed by atoms with Gasteiger partial charge in [0.25, 0.3) is 0 Å². The summed E-state index contributed by atoms with van der Waals surface area (Å²) in [6.07, 6.45) is 5.46. The molecule has 6 nitrogen and oxygen atoms in total. The lowest BCUT2D eigenvalue weighted by molar-refractivity contribution is 0.232. The standard InChI is InChI=1S/C12H17N5O/c1-10(2)18-11-4-6-13-12(16-11)14-7-9-17-8-3-5-15-17/h3-6,8,10H,7,9H2,1-2H3,(H,13,14,16). The third-order valence-electron chi connectivity index (χ3n) is 2.17. The number of nitrogens with one attached hydrogen (secondary N) is 1. The fourth-order valence-corrected chi connectivity index (χ4v) is 1.45. The van der Waals surface area contributed by atoms with Gasteiger partial charge in [0.15, 0.2) is 0 Å². The van der Waals surface area contributed by atoms with Crippen LogP contribution in [0.25, 0.3) is 0 Å². The van der Waals surface area contributed by atoms with Crippen molar-refractivity contribution in [2.45, 2.75) is 26.5 Å². The van der Waals surface area contributed by atoms with Crippen LogP contribution in [-0.2, 0) is 6.54 Å². The highest BCUT2D eigenvalue weighted by molar-refractivity contribution is 5.27. The smallest absolute Gasteiger partial charge is 0.226 e. The average molecular weight is 247 g/mol. The van der Waals surface area contributed by atoms with Gasteiger partial charge in [0.1, 0.15) is 0 Å². The van der Waals surface area contributed by atoms with Crippen molar-refractivity contribution in [3.8, 4) is 5.88 Å². The van der Waals surface area contributed by atoms with E-state index >= 15 is 0 Å². The van der Waals surface area contributed by atoms with Crippen molar-refractivity contribution in [1.29, 1.82) is 0 Å². The van der Waals surface area contributed by atoms with E-state index in [2.05, 4.69) is 20.4 Å². The summed E-state index contributed by atoms with van der Waals surface area (Å²) in [6, 6.07) is 3.65. The van der Waals surface area contributed by atoms with Gasteiger partial charge in [-0.3, -0.25) is 4.68 Å². The molecule has 0 aliphatic carbocycles. The zero-order valence-electron chi connectivity index (χ0n) is 10.6. The van der Waals surface area contributed by atoms with Gasteiger partial charge in [0.05, 0.1) is 12.6 Å². The minimum Gasteiger partial charge on any atom is -0.475 e. The maximum Gasteiger partial charge on any atom is 0.226 e. The minimum atomic E-state index is 0.108. The number of ether oxygens (including phenoxy) is 1. The van der Waals surface area contributed by atoms with E-state index in [1.54, 1.807) is 18.5 Å². The molecule has 0 unspecified atom stereocenters. The molecule has 2 heterocycles. The van der Waals surface area contributed by atoms with E-state index in [0.29, 0.717) is 18.4 Å². The third-order valence-corrected chi connectivity index (χ3v) is 2.17. The molecule has 0 spiro atoms. The Kier molecular flexibility index (Phi) is 4.11. The van der Waals surface area contributed by atoms with Gasteiger partial charge in [-0.2, -0.15) is 10.1 Å². The largest absolute Gasteiger partial charge is 0.475 e. The Bertz CT molecular complexity index is 469. The predicted molar refractivity (Wildman–Crippen MR) is 68.5 cm³/mol. The van der Waals surface area contributed by atoms with E-state index < -0.39 is 0 Å². The lowest BCUT2D eigenvalue weighted by Gasteiger charge is -2.10. The molecule has 2 aromatic heterocycles. The first-order chi connectivity index (χ1) is 8.74. The van der Waals surface area contributed by atoms with Gasteiger partial charge >= 0.3 is 0 Å². The van der Waals surface area contributed by atoms with Gasteiger partial charge in [0, 0.05) is 31.2 Å². The molecule has 0 amide bonds. The van der Waals surface area contributed by atoms with Crippen LogP contribution in [0.15, 0.2) is 30.7 Å². The Morgan fingerprint density at radius 1 is 1.39 bits per heavy atom. The van der Waals surface area contributed by atoms with E-state index in [4.69, 9.17) is 4.74 Å². The maximum absolute atomic E-state index is 5.50. The lowest BCUT2D eigenvalue weighted by atomic mass is 10.5. The molecule has 0 saturated heterocycles. The highest BCUT2D eigenvalue weighted by Gasteiger charge is 2.01. The molecule has 18 heavy (non-hydrogen) atoms. The molecule has 0 fully saturated rings. The normalized spacial score (nSPS) is 10.6. The second-order valence-electron chi connectivity index (χ2n) is 4.08. The van der Waals surface area contributed by atoms with Crippen LogP contribution in [0.3, 0.4) is 0 Å². The summed E-state index contributed by atoms with van der Waals surface area (Å²) in [6.45, 7) is 5.41. The average Bonchev–Trinajstić information content (AvgIpc) is 2.82. The van der Waals surface area contributed by atoms with Gasteiger partial charge in [-0.05, 0) is 19.9 Å². The quantitative estimate of drug-likeness (QED) is 0.839. The Morgan fingerprint density at radius 3 is 3.00 bits per heavy atom. The molecule has 0 bridgehead atoms. The number of aromatic nitrogens is 4. The first-order valence-electron chi connectivity index (χ1n) is 5.95. The van der Waals surface area contributed by atoms with Crippen molar-refractivity contribution in [1.82, 2.24) is 19.7 Å². The molecule has 0 atom stereocenters. The van der Waals surface area contributed by atoms with E-state index in [-0.39, 0.29) is 6.10 Å². The molecule has 0 saturated carbocycles. The summed E-state index contributed by atoms with van der Waals surface area (Å²) in [5, 5.41) is 7.25. The van der Waals surface area contributed by atoms with Gasteiger partial charge in [-0.1, -0.05) is 0 Å². The molecular weight excluding hydrogens is 230 g/mol. The molecule has 0 aliphatic heterocycles. The van der Waals surface area contributed by atoms with Crippen molar-refractivity contribution in [3.05, 3.63) is 30.7 Å². The first-order valence-corrected chi connectivity index (χ1v) is 5.95. The van der Waals surface area contributed by atoms with Gasteiger partial charge in [0.2, 0.25) is 11.8 Å². The van der Waals surface area contributed by atoms with Crippen LogP contribution in [0, 0.1) is 0 Å². The van der Waals surface area contributed by atoms with E-state index in [1.807, 2.05) is 30.8 Å². The molecule has 2 rings (SSSR count). The lowest BCUT2D eigenvalue weighted by Crippen LogP contribution is -2.13.